The lowest BCUT2D eigenvalue weighted by molar-refractivity contribution is -0.126. The van der Waals surface area contributed by atoms with Gasteiger partial charge in [0, 0.05) is 22.1 Å². The van der Waals surface area contributed by atoms with Crippen LogP contribution in [-0.2, 0) is 20.8 Å². The van der Waals surface area contributed by atoms with Crippen LogP contribution in [0.4, 0.5) is 0 Å². The van der Waals surface area contributed by atoms with Crippen molar-refractivity contribution in [3.05, 3.63) is 34.2 Å². The van der Waals surface area contributed by atoms with Crippen LogP contribution in [0.15, 0.2) is 24.3 Å². The fourth-order valence-electron chi connectivity index (χ4n) is 1.72. The second kappa shape index (κ2) is 7.59. The molecule has 4 nitrogen and oxygen atoms in total. The summed E-state index contributed by atoms with van der Waals surface area (Å²) >= 11 is 7.89. The monoisotopic (exact) mass is 313 g/mol. The normalized spacial score (nSPS) is 10.9. The molecular weight excluding hydrogens is 298 g/mol. The van der Waals surface area contributed by atoms with Crippen LogP contribution in [0.2, 0.25) is 5.02 Å². The Balaban J connectivity index is 1.86. The summed E-state index contributed by atoms with van der Waals surface area (Å²) in [5, 5.41) is 4.54. The Morgan fingerprint density at radius 1 is 1.35 bits per heavy atom. The third-order valence-corrected chi connectivity index (χ3v) is 4.43. The second-order valence-corrected chi connectivity index (χ2v) is 5.67. The molecule has 0 spiro atoms. The number of nitrogens with one attached hydrogen (secondary N) is 1. The third-order valence-electron chi connectivity index (χ3n) is 2.71. The third kappa shape index (κ3) is 3.93. The Bertz CT molecular complexity index is 585. The first-order valence-corrected chi connectivity index (χ1v) is 7.41. The summed E-state index contributed by atoms with van der Waals surface area (Å²) in [6.07, 6.45) is 0. The summed E-state index contributed by atoms with van der Waals surface area (Å²) in [7, 11) is 1.59. The highest BCUT2D eigenvalue weighted by molar-refractivity contribution is 7.19. The molecular formula is C14H16ClNO3S. The van der Waals surface area contributed by atoms with E-state index < -0.39 is 0 Å². The first-order valence-electron chi connectivity index (χ1n) is 6.21. The van der Waals surface area contributed by atoms with Gasteiger partial charge in [0.2, 0.25) is 5.91 Å². The minimum Gasteiger partial charge on any atom is -0.382 e. The van der Waals surface area contributed by atoms with Crippen molar-refractivity contribution in [3.8, 4) is 0 Å². The average molecular weight is 314 g/mol. The van der Waals surface area contributed by atoms with E-state index in [4.69, 9.17) is 21.1 Å². The molecule has 0 unspecified atom stereocenters. The van der Waals surface area contributed by atoms with Crippen molar-refractivity contribution >= 4 is 38.9 Å². The maximum atomic E-state index is 11.6. The molecule has 1 aromatic heterocycles. The minimum absolute atomic E-state index is 0.0336. The molecule has 0 saturated heterocycles. The van der Waals surface area contributed by atoms with E-state index in [1.165, 1.54) is 0 Å². The zero-order chi connectivity index (χ0) is 14.4. The van der Waals surface area contributed by atoms with Gasteiger partial charge in [-0.2, -0.15) is 0 Å². The van der Waals surface area contributed by atoms with E-state index in [9.17, 15) is 4.79 Å². The van der Waals surface area contributed by atoms with Crippen LogP contribution in [0, 0.1) is 0 Å². The van der Waals surface area contributed by atoms with Crippen LogP contribution in [0.25, 0.3) is 10.1 Å². The van der Waals surface area contributed by atoms with Crippen LogP contribution >= 0.6 is 22.9 Å². The number of thiophene rings is 1. The minimum atomic E-state index is -0.158. The Kier molecular flexibility index (Phi) is 5.79. The van der Waals surface area contributed by atoms with Crippen molar-refractivity contribution in [1.29, 1.82) is 0 Å². The van der Waals surface area contributed by atoms with Gasteiger partial charge in [-0.05, 0) is 6.07 Å². The molecule has 0 fully saturated rings. The number of benzene rings is 1. The Hall–Kier alpha value is -1.14. The van der Waals surface area contributed by atoms with Crippen LogP contribution < -0.4 is 5.32 Å². The van der Waals surface area contributed by atoms with Crippen LogP contribution in [-0.4, -0.2) is 32.8 Å². The van der Waals surface area contributed by atoms with Crippen LogP contribution in [0.3, 0.4) is 0 Å². The maximum Gasteiger partial charge on any atom is 0.246 e. The molecule has 2 aromatic rings. The molecule has 1 heterocycles. The van der Waals surface area contributed by atoms with Crippen molar-refractivity contribution < 1.29 is 14.3 Å². The maximum absolute atomic E-state index is 11.6. The molecule has 1 amide bonds. The quantitative estimate of drug-likeness (QED) is 0.800. The number of ether oxygens (including phenoxy) is 2. The fraction of sp³-hybridized carbons (Fsp3) is 0.357. The van der Waals surface area contributed by atoms with Crippen LogP contribution in [0.5, 0.6) is 0 Å². The van der Waals surface area contributed by atoms with Gasteiger partial charge in [0.25, 0.3) is 0 Å². The van der Waals surface area contributed by atoms with Crippen LogP contribution in [0.1, 0.15) is 4.88 Å². The Morgan fingerprint density at radius 2 is 2.15 bits per heavy atom. The predicted octanol–water partition coefficient (Wildman–Crippen LogP) is 2.83. The molecule has 0 saturated carbocycles. The van der Waals surface area contributed by atoms with E-state index >= 15 is 0 Å². The standard InChI is InChI=1S/C14H16ClNO3S/c1-18-6-7-19-9-13(17)16-8-12-14(15)10-4-2-3-5-11(10)20-12/h2-5H,6-9H2,1H3,(H,16,17). The molecule has 20 heavy (non-hydrogen) atoms. The number of carbonyl (C=O) groups excluding carboxylic acids is 1. The van der Waals surface area contributed by atoms with Crippen molar-refractivity contribution in [2.45, 2.75) is 6.54 Å². The molecule has 6 heteroatoms. The summed E-state index contributed by atoms with van der Waals surface area (Å²) < 4.78 is 11.1. The molecule has 1 aromatic carbocycles. The molecule has 2 rings (SSSR count). The number of fused-ring (bicyclic) bond motifs is 1. The average Bonchev–Trinajstić information content (AvgIpc) is 2.78. The van der Waals surface area contributed by atoms with Gasteiger partial charge in [0.15, 0.2) is 0 Å². The summed E-state index contributed by atoms with van der Waals surface area (Å²) in [6, 6.07) is 7.92. The van der Waals surface area contributed by atoms with E-state index in [0.717, 1.165) is 15.0 Å². The molecule has 0 bridgehead atoms. The molecule has 0 aliphatic heterocycles. The fourth-order valence-corrected chi connectivity index (χ4v) is 3.15. The highest BCUT2D eigenvalue weighted by atomic mass is 35.5. The molecule has 0 atom stereocenters. The summed E-state index contributed by atoms with van der Waals surface area (Å²) in [6.45, 7) is 1.35. The van der Waals surface area contributed by atoms with Gasteiger partial charge in [-0.15, -0.1) is 11.3 Å². The number of rotatable bonds is 7. The SMILES string of the molecule is COCCOCC(=O)NCc1sc2ccccc2c1Cl. The van der Waals surface area contributed by atoms with E-state index in [-0.39, 0.29) is 12.5 Å². The molecule has 1 N–H and O–H groups in total. The van der Waals surface area contributed by atoms with E-state index in [1.807, 2.05) is 24.3 Å². The molecule has 0 aliphatic carbocycles. The van der Waals surface area contributed by atoms with Gasteiger partial charge in [0.05, 0.1) is 24.8 Å². The molecule has 0 radical (unpaired) electrons. The van der Waals surface area contributed by atoms with Crippen molar-refractivity contribution in [2.75, 3.05) is 26.9 Å². The summed E-state index contributed by atoms with van der Waals surface area (Å²) in [5.41, 5.74) is 0. The topological polar surface area (TPSA) is 47.6 Å². The number of hydrogen-bond acceptors (Lipinski definition) is 4. The highest BCUT2D eigenvalue weighted by Gasteiger charge is 2.10. The zero-order valence-electron chi connectivity index (χ0n) is 11.1. The predicted molar refractivity (Wildman–Crippen MR) is 81.4 cm³/mol. The number of carbonyl (C=O) groups is 1. The number of halogens is 1. The first kappa shape index (κ1) is 15.3. The van der Waals surface area contributed by atoms with Gasteiger partial charge < -0.3 is 14.8 Å². The molecule has 0 aliphatic rings. The lowest BCUT2D eigenvalue weighted by atomic mass is 10.2. The van der Waals surface area contributed by atoms with Crippen molar-refractivity contribution in [2.24, 2.45) is 0 Å². The lowest BCUT2D eigenvalue weighted by Gasteiger charge is -2.05. The van der Waals surface area contributed by atoms with Crippen molar-refractivity contribution in [1.82, 2.24) is 5.32 Å². The summed E-state index contributed by atoms with van der Waals surface area (Å²) in [5.74, 6) is -0.158. The summed E-state index contributed by atoms with van der Waals surface area (Å²) in [4.78, 5) is 12.5. The van der Waals surface area contributed by atoms with Crippen molar-refractivity contribution in [3.63, 3.8) is 0 Å². The largest absolute Gasteiger partial charge is 0.382 e. The van der Waals surface area contributed by atoms with E-state index in [2.05, 4.69) is 5.32 Å². The first-order chi connectivity index (χ1) is 9.72. The lowest BCUT2D eigenvalue weighted by Crippen LogP contribution is -2.27. The highest BCUT2D eigenvalue weighted by Crippen LogP contribution is 2.34. The van der Waals surface area contributed by atoms with E-state index in [0.29, 0.717) is 24.8 Å². The molecule has 108 valence electrons. The Labute approximate surface area is 126 Å². The Morgan fingerprint density at radius 3 is 2.90 bits per heavy atom. The zero-order valence-corrected chi connectivity index (χ0v) is 12.7. The van der Waals surface area contributed by atoms with Gasteiger partial charge >= 0.3 is 0 Å². The van der Waals surface area contributed by atoms with Gasteiger partial charge in [-0.1, -0.05) is 29.8 Å². The number of amides is 1. The number of methoxy groups -OCH3 is 1. The second-order valence-electron chi connectivity index (χ2n) is 4.16. The smallest absolute Gasteiger partial charge is 0.246 e. The number of hydrogen-bond donors (Lipinski definition) is 1. The van der Waals surface area contributed by atoms with Gasteiger partial charge in [-0.25, -0.2) is 0 Å². The van der Waals surface area contributed by atoms with Gasteiger partial charge in [-0.3, -0.25) is 4.79 Å². The van der Waals surface area contributed by atoms with Gasteiger partial charge in [0.1, 0.15) is 6.61 Å². The van der Waals surface area contributed by atoms with E-state index in [1.54, 1.807) is 18.4 Å².